The first kappa shape index (κ1) is 30.2. The van der Waals surface area contributed by atoms with Crippen LogP contribution in [0.2, 0.25) is 0 Å². The molecular formula is C53H36. The molecule has 1 aliphatic carbocycles. The van der Waals surface area contributed by atoms with Gasteiger partial charge in [-0.05, 0) is 116 Å². The van der Waals surface area contributed by atoms with E-state index in [9.17, 15) is 0 Å². The smallest absolute Gasteiger partial charge is 0.0165 e. The van der Waals surface area contributed by atoms with Crippen LogP contribution in [0.3, 0.4) is 0 Å². The van der Waals surface area contributed by atoms with E-state index in [0.29, 0.717) is 0 Å². The molecule has 0 fully saturated rings. The lowest BCUT2D eigenvalue weighted by Gasteiger charge is -2.25. The van der Waals surface area contributed by atoms with Gasteiger partial charge in [0.25, 0.3) is 0 Å². The molecule has 11 rings (SSSR count). The van der Waals surface area contributed by atoms with Crippen molar-refractivity contribution in [1.82, 2.24) is 0 Å². The number of benzene rings is 10. The van der Waals surface area contributed by atoms with E-state index in [2.05, 4.69) is 196 Å². The first-order chi connectivity index (χ1) is 26.1. The molecule has 10 aromatic rings. The minimum absolute atomic E-state index is 0.110. The molecule has 248 valence electrons. The molecule has 0 atom stereocenters. The van der Waals surface area contributed by atoms with Crippen LogP contribution in [0.1, 0.15) is 25.0 Å². The molecule has 0 radical (unpaired) electrons. The molecule has 0 unspecified atom stereocenters. The fourth-order valence-corrected chi connectivity index (χ4v) is 9.62. The Morgan fingerprint density at radius 1 is 0.302 bits per heavy atom. The zero-order valence-corrected chi connectivity index (χ0v) is 29.8. The summed E-state index contributed by atoms with van der Waals surface area (Å²) in [4.78, 5) is 0. The average molecular weight is 673 g/mol. The van der Waals surface area contributed by atoms with Crippen molar-refractivity contribution in [3.8, 4) is 44.5 Å². The molecule has 0 N–H and O–H groups in total. The van der Waals surface area contributed by atoms with Gasteiger partial charge in [-0.3, -0.25) is 0 Å². The summed E-state index contributed by atoms with van der Waals surface area (Å²) in [5, 5.41) is 12.9. The normalized spacial score (nSPS) is 13.2. The summed E-state index contributed by atoms with van der Waals surface area (Å²) >= 11 is 0. The lowest BCUT2D eigenvalue weighted by atomic mass is 9.78. The second-order valence-corrected chi connectivity index (χ2v) is 15.2. The van der Waals surface area contributed by atoms with Gasteiger partial charge in [0.05, 0.1) is 0 Å². The maximum atomic E-state index is 2.40. The van der Waals surface area contributed by atoms with Crippen molar-refractivity contribution in [2.45, 2.75) is 19.3 Å². The van der Waals surface area contributed by atoms with Crippen molar-refractivity contribution >= 4 is 53.9 Å². The van der Waals surface area contributed by atoms with E-state index in [1.54, 1.807) is 0 Å². The zero-order chi connectivity index (χ0) is 35.3. The highest BCUT2D eigenvalue weighted by Crippen LogP contribution is 2.54. The number of hydrogen-bond acceptors (Lipinski definition) is 0. The monoisotopic (exact) mass is 672 g/mol. The summed E-state index contributed by atoms with van der Waals surface area (Å²) in [5.74, 6) is 0. The first-order valence-electron chi connectivity index (χ1n) is 18.7. The molecule has 0 spiro atoms. The topological polar surface area (TPSA) is 0 Å². The Kier molecular flexibility index (Phi) is 6.40. The van der Waals surface area contributed by atoms with Gasteiger partial charge in [0, 0.05) is 5.41 Å². The van der Waals surface area contributed by atoms with E-state index in [1.165, 1.54) is 109 Å². The van der Waals surface area contributed by atoms with E-state index in [4.69, 9.17) is 0 Å². The Morgan fingerprint density at radius 2 is 0.755 bits per heavy atom. The third-order valence-electron chi connectivity index (χ3n) is 12.0. The van der Waals surface area contributed by atoms with Crippen LogP contribution in [-0.4, -0.2) is 0 Å². The van der Waals surface area contributed by atoms with E-state index < -0.39 is 0 Å². The van der Waals surface area contributed by atoms with E-state index >= 15 is 0 Å². The Balaban J connectivity index is 1.09. The lowest BCUT2D eigenvalue weighted by Crippen LogP contribution is -2.16. The molecule has 0 heterocycles. The fraction of sp³-hybridized carbons (Fsp3) is 0.0566. The van der Waals surface area contributed by atoms with Crippen LogP contribution in [-0.2, 0) is 5.41 Å². The fourth-order valence-electron chi connectivity index (χ4n) is 9.62. The Hall–Kier alpha value is -6.50. The van der Waals surface area contributed by atoms with Gasteiger partial charge < -0.3 is 0 Å². The van der Waals surface area contributed by atoms with Gasteiger partial charge in [-0.15, -0.1) is 0 Å². The standard InChI is InChI=1S/C53H36/c1-53(2)48-31-30-34-13-4-6-15-40(34)51(48)46-21-11-20-41(52(46)53)35-24-27-37(28-25-35)49-42-16-7-9-18-44(42)50(45-19-10-8-17-43(45)49)38-29-26-36-23-22-33-12-3-5-14-39(33)47(36)32-38/h3-32H,1-2H3. The molecule has 10 aromatic carbocycles. The van der Waals surface area contributed by atoms with Crippen LogP contribution in [0.25, 0.3) is 98.4 Å². The molecule has 0 aromatic heterocycles. The third kappa shape index (κ3) is 4.36. The van der Waals surface area contributed by atoms with Crippen molar-refractivity contribution < 1.29 is 0 Å². The van der Waals surface area contributed by atoms with Crippen molar-refractivity contribution in [1.29, 1.82) is 0 Å². The molecular weight excluding hydrogens is 637 g/mol. The van der Waals surface area contributed by atoms with E-state index in [-0.39, 0.29) is 5.41 Å². The summed E-state index contributed by atoms with van der Waals surface area (Å²) < 4.78 is 0. The Labute approximate surface area is 309 Å². The molecule has 0 aliphatic heterocycles. The Bertz CT molecular complexity index is 3060. The number of hydrogen-bond donors (Lipinski definition) is 0. The van der Waals surface area contributed by atoms with Gasteiger partial charge >= 0.3 is 0 Å². The summed E-state index contributed by atoms with van der Waals surface area (Å²) in [6.45, 7) is 4.78. The van der Waals surface area contributed by atoms with Crippen molar-refractivity contribution in [3.63, 3.8) is 0 Å². The SMILES string of the molecule is CC1(C)c2ccc3ccccc3c2-c2cccc(-c3ccc(-c4c5ccccc5c(-c5ccc6ccc7ccccc7c6c5)c5ccccc45)cc3)c21. The van der Waals surface area contributed by atoms with Crippen LogP contribution in [0.15, 0.2) is 182 Å². The highest BCUT2D eigenvalue weighted by atomic mass is 14.4. The van der Waals surface area contributed by atoms with E-state index in [1.807, 2.05) is 0 Å². The minimum Gasteiger partial charge on any atom is -0.0616 e. The second-order valence-electron chi connectivity index (χ2n) is 15.2. The van der Waals surface area contributed by atoms with Gasteiger partial charge in [-0.1, -0.05) is 190 Å². The van der Waals surface area contributed by atoms with Crippen molar-refractivity contribution in [2.75, 3.05) is 0 Å². The van der Waals surface area contributed by atoms with Gasteiger partial charge in [-0.2, -0.15) is 0 Å². The minimum atomic E-state index is -0.110. The molecule has 0 saturated heterocycles. The largest absolute Gasteiger partial charge is 0.0616 e. The molecule has 1 aliphatic rings. The molecule has 0 amide bonds. The lowest BCUT2D eigenvalue weighted by molar-refractivity contribution is 0.662. The highest BCUT2D eigenvalue weighted by Gasteiger charge is 2.38. The third-order valence-corrected chi connectivity index (χ3v) is 12.0. The highest BCUT2D eigenvalue weighted by molar-refractivity contribution is 6.22. The van der Waals surface area contributed by atoms with Gasteiger partial charge in [-0.25, -0.2) is 0 Å². The maximum Gasteiger partial charge on any atom is 0.0165 e. The van der Waals surface area contributed by atoms with Crippen LogP contribution in [0.5, 0.6) is 0 Å². The summed E-state index contributed by atoms with van der Waals surface area (Å²) in [6, 6.07) is 67.9. The summed E-state index contributed by atoms with van der Waals surface area (Å²) in [7, 11) is 0. The average Bonchev–Trinajstić information content (AvgIpc) is 3.46. The summed E-state index contributed by atoms with van der Waals surface area (Å²) in [5.41, 5.74) is 13.1. The molecule has 0 nitrogen and oxygen atoms in total. The molecule has 0 heteroatoms. The number of fused-ring (bicyclic) bond motifs is 10. The first-order valence-corrected chi connectivity index (χ1v) is 18.7. The maximum absolute atomic E-state index is 2.40. The molecule has 53 heavy (non-hydrogen) atoms. The zero-order valence-electron chi connectivity index (χ0n) is 29.8. The van der Waals surface area contributed by atoms with Gasteiger partial charge in [0.15, 0.2) is 0 Å². The van der Waals surface area contributed by atoms with Crippen molar-refractivity contribution in [3.05, 3.63) is 193 Å². The van der Waals surface area contributed by atoms with Gasteiger partial charge in [0.1, 0.15) is 0 Å². The summed E-state index contributed by atoms with van der Waals surface area (Å²) in [6.07, 6.45) is 0. The Morgan fingerprint density at radius 3 is 1.42 bits per heavy atom. The van der Waals surface area contributed by atoms with Crippen LogP contribution in [0, 0.1) is 0 Å². The predicted molar refractivity (Wildman–Crippen MR) is 228 cm³/mol. The van der Waals surface area contributed by atoms with E-state index in [0.717, 1.165) is 0 Å². The van der Waals surface area contributed by atoms with Crippen molar-refractivity contribution in [2.24, 2.45) is 0 Å². The predicted octanol–water partition coefficient (Wildman–Crippen LogP) is 14.8. The van der Waals surface area contributed by atoms with Crippen LogP contribution < -0.4 is 0 Å². The molecule has 0 bridgehead atoms. The second kappa shape index (κ2) is 11.2. The van der Waals surface area contributed by atoms with Crippen LogP contribution >= 0.6 is 0 Å². The van der Waals surface area contributed by atoms with Crippen LogP contribution in [0.4, 0.5) is 0 Å². The quantitative estimate of drug-likeness (QED) is 0.129. The number of rotatable bonds is 3. The molecule has 0 saturated carbocycles. The van der Waals surface area contributed by atoms with Gasteiger partial charge in [0.2, 0.25) is 0 Å².